The summed E-state index contributed by atoms with van der Waals surface area (Å²) in [5, 5.41) is 18.2. The zero-order chi connectivity index (χ0) is 18.6. The first-order valence-corrected chi connectivity index (χ1v) is 6.89. The third-order valence-corrected chi connectivity index (χ3v) is 3.16. The second-order valence-electron chi connectivity index (χ2n) is 4.84. The minimum atomic E-state index is -4.54. The SMILES string of the molecule is COc1cc(C(F)(F)F)ccc1C(=O)NCCn1cc(C(=O)O)nn1. The molecule has 2 aromatic rings. The van der Waals surface area contributed by atoms with Crippen LogP contribution in [0.4, 0.5) is 13.2 Å². The first-order valence-electron chi connectivity index (χ1n) is 6.89. The predicted octanol–water partition coefficient (Wildman–Crippen LogP) is 1.43. The van der Waals surface area contributed by atoms with E-state index in [2.05, 4.69) is 15.6 Å². The van der Waals surface area contributed by atoms with Gasteiger partial charge in [-0.3, -0.25) is 4.79 Å². The van der Waals surface area contributed by atoms with Gasteiger partial charge in [0.05, 0.1) is 31.0 Å². The minimum absolute atomic E-state index is 0.0553. The summed E-state index contributed by atoms with van der Waals surface area (Å²) in [6.07, 6.45) is -3.36. The Balaban J connectivity index is 2.01. The molecule has 0 spiro atoms. The van der Waals surface area contributed by atoms with Crippen LogP contribution in [0.15, 0.2) is 24.4 Å². The van der Waals surface area contributed by atoms with E-state index in [1.807, 2.05) is 0 Å². The maximum Gasteiger partial charge on any atom is 0.416 e. The van der Waals surface area contributed by atoms with Gasteiger partial charge < -0.3 is 15.2 Å². The molecule has 11 heteroatoms. The molecule has 0 saturated heterocycles. The normalized spacial score (nSPS) is 11.2. The molecule has 0 fully saturated rings. The van der Waals surface area contributed by atoms with Crippen molar-refractivity contribution in [2.75, 3.05) is 13.7 Å². The third-order valence-electron chi connectivity index (χ3n) is 3.16. The molecule has 0 aliphatic heterocycles. The van der Waals surface area contributed by atoms with E-state index in [1.54, 1.807) is 0 Å². The lowest BCUT2D eigenvalue weighted by molar-refractivity contribution is -0.137. The summed E-state index contributed by atoms with van der Waals surface area (Å²) in [5.41, 5.74) is -1.22. The highest BCUT2D eigenvalue weighted by molar-refractivity contribution is 5.97. The van der Waals surface area contributed by atoms with Crippen molar-refractivity contribution in [3.8, 4) is 5.75 Å². The summed E-state index contributed by atoms with van der Waals surface area (Å²) in [5.74, 6) is -2.07. The van der Waals surface area contributed by atoms with Gasteiger partial charge in [0.2, 0.25) is 0 Å². The largest absolute Gasteiger partial charge is 0.496 e. The molecular weight excluding hydrogens is 345 g/mol. The Morgan fingerprint density at radius 3 is 2.64 bits per heavy atom. The van der Waals surface area contributed by atoms with Crippen LogP contribution in [0.2, 0.25) is 0 Å². The number of nitrogens with one attached hydrogen (secondary N) is 1. The van der Waals surface area contributed by atoms with E-state index in [0.29, 0.717) is 0 Å². The van der Waals surface area contributed by atoms with E-state index < -0.39 is 23.6 Å². The Labute approximate surface area is 139 Å². The lowest BCUT2D eigenvalue weighted by Gasteiger charge is -2.12. The van der Waals surface area contributed by atoms with Crippen molar-refractivity contribution in [1.82, 2.24) is 20.3 Å². The van der Waals surface area contributed by atoms with Crippen molar-refractivity contribution < 1.29 is 32.6 Å². The average molecular weight is 358 g/mol. The smallest absolute Gasteiger partial charge is 0.416 e. The van der Waals surface area contributed by atoms with Crippen molar-refractivity contribution in [1.29, 1.82) is 0 Å². The topological polar surface area (TPSA) is 106 Å². The summed E-state index contributed by atoms with van der Waals surface area (Å²) in [6, 6.07) is 2.55. The van der Waals surface area contributed by atoms with Crippen LogP contribution in [-0.2, 0) is 12.7 Å². The van der Waals surface area contributed by atoms with E-state index in [0.717, 1.165) is 25.3 Å². The number of hydrogen-bond acceptors (Lipinski definition) is 5. The molecule has 0 bridgehead atoms. The van der Waals surface area contributed by atoms with Gasteiger partial charge in [-0.25, -0.2) is 9.48 Å². The van der Waals surface area contributed by atoms with Crippen LogP contribution in [0.5, 0.6) is 5.75 Å². The molecular formula is C14H13F3N4O4. The fourth-order valence-electron chi connectivity index (χ4n) is 1.94. The molecule has 1 aromatic heterocycles. The minimum Gasteiger partial charge on any atom is -0.496 e. The fourth-order valence-corrected chi connectivity index (χ4v) is 1.94. The molecule has 1 heterocycles. The van der Waals surface area contributed by atoms with Crippen LogP contribution < -0.4 is 10.1 Å². The van der Waals surface area contributed by atoms with Crippen LogP contribution in [0, 0.1) is 0 Å². The van der Waals surface area contributed by atoms with Crippen molar-refractivity contribution in [2.45, 2.75) is 12.7 Å². The maximum atomic E-state index is 12.7. The van der Waals surface area contributed by atoms with Crippen molar-refractivity contribution in [2.24, 2.45) is 0 Å². The second kappa shape index (κ2) is 7.20. The first-order chi connectivity index (χ1) is 11.7. The molecule has 2 rings (SSSR count). The van der Waals surface area contributed by atoms with Crippen LogP contribution in [0.3, 0.4) is 0 Å². The maximum absolute atomic E-state index is 12.7. The summed E-state index contributed by atoms with van der Waals surface area (Å²) < 4.78 is 44.1. The lowest BCUT2D eigenvalue weighted by Crippen LogP contribution is -2.28. The number of alkyl halides is 3. The fraction of sp³-hybridized carbons (Fsp3) is 0.286. The van der Waals surface area contributed by atoms with E-state index in [1.165, 1.54) is 10.9 Å². The number of aromatic carboxylic acids is 1. The van der Waals surface area contributed by atoms with Gasteiger partial charge in [0.15, 0.2) is 5.69 Å². The standard InChI is InChI=1S/C14H13F3N4O4/c1-25-11-6-8(14(15,16)17)2-3-9(11)12(22)18-4-5-21-7-10(13(23)24)19-20-21/h2-3,6-7H,4-5H2,1H3,(H,18,22)(H,23,24). The van der Waals surface area contributed by atoms with Crippen LogP contribution >= 0.6 is 0 Å². The zero-order valence-electron chi connectivity index (χ0n) is 12.9. The molecule has 0 aliphatic carbocycles. The molecule has 0 aliphatic rings. The molecule has 134 valence electrons. The van der Waals surface area contributed by atoms with Gasteiger partial charge in [0.25, 0.3) is 5.91 Å². The van der Waals surface area contributed by atoms with Gasteiger partial charge in [-0.2, -0.15) is 13.2 Å². The number of carboxylic acid groups (broad SMARTS) is 1. The molecule has 2 N–H and O–H groups in total. The zero-order valence-corrected chi connectivity index (χ0v) is 12.9. The second-order valence-corrected chi connectivity index (χ2v) is 4.84. The van der Waals surface area contributed by atoms with E-state index in [9.17, 15) is 22.8 Å². The first kappa shape index (κ1) is 18.2. The molecule has 0 atom stereocenters. The van der Waals surface area contributed by atoms with Gasteiger partial charge >= 0.3 is 12.1 Å². The van der Waals surface area contributed by atoms with Gasteiger partial charge in [0, 0.05) is 6.54 Å². The van der Waals surface area contributed by atoms with Crippen LogP contribution in [0.1, 0.15) is 26.4 Å². The highest BCUT2D eigenvalue weighted by Gasteiger charge is 2.31. The van der Waals surface area contributed by atoms with Crippen LogP contribution in [0.25, 0.3) is 0 Å². The highest BCUT2D eigenvalue weighted by Crippen LogP contribution is 2.32. The molecule has 1 amide bonds. The number of amides is 1. The number of hydrogen-bond donors (Lipinski definition) is 2. The number of ether oxygens (including phenoxy) is 1. The molecule has 0 unspecified atom stereocenters. The number of benzene rings is 1. The summed E-state index contributed by atoms with van der Waals surface area (Å²) >= 11 is 0. The highest BCUT2D eigenvalue weighted by atomic mass is 19.4. The van der Waals surface area contributed by atoms with Crippen molar-refractivity contribution in [3.05, 3.63) is 41.2 Å². The lowest BCUT2D eigenvalue weighted by atomic mass is 10.1. The Bertz CT molecular complexity index is 789. The molecule has 8 nitrogen and oxygen atoms in total. The Morgan fingerprint density at radius 2 is 2.08 bits per heavy atom. The average Bonchev–Trinajstić information content (AvgIpc) is 3.02. The summed E-state index contributed by atoms with van der Waals surface area (Å²) in [7, 11) is 1.16. The Hall–Kier alpha value is -3.11. The number of rotatable bonds is 6. The van der Waals surface area contributed by atoms with E-state index >= 15 is 0 Å². The van der Waals surface area contributed by atoms with E-state index in [-0.39, 0.29) is 30.1 Å². The number of carboxylic acids is 1. The summed E-state index contributed by atoms with van der Waals surface area (Å²) in [6.45, 7) is 0.195. The number of carbonyl (C=O) groups excluding carboxylic acids is 1. The number of carbonyl (C=O) groups is 2. The van der Waals surface area contributed by atoms with Crippen molar-refractivity contribution in [3.63, 3.8) is 0 Å². The van der Waals surface area contributed by atoms with Gasteiger partial charge in [0.1, 0.15) is 5.75 Å². The van der Waals surface area contributed by atoms with Gasteiger partial charge in [-0.15, -0.1) is 5.10 Å². The monoisotopic (exact) mass is 358 g/mol. The molecule has 1 aromatic carbocycles. The molecule has 0 radical (unpaired) electrons. The quantitative estimate of drug-likeness (QED) is 0.809. The number of halogens is 3. The molecule has 0 saturated carbocycles. The van der Waals surface area contributed by atoms with Gasteiger partial charge in [-0.1, -0.05) is 5.21 Å². The summed E-state index contributed by atoms with van der Waals surface area (Å²) in [4.78, 5) is 22.7. The Morgan fingerprint density at radius 1 is 1.36 bits per heavy atom. The number of aromatic nitrogens is 3. The predicted molar refractivity (Wildman–Crippen MR) is 77.3 cm³/mol. The van der Waals surface area contributed by atoms with Gasteiger partial charge in [-0.05, 0) is 18.2 Å². The number of methoxy groups -OCH3 is 1. The third kappa shape index (κ3) is 4.46. The number of nitrogens with zero attached hydrogens (tertiary/aromatic N) is 3. The molecule has 25 heavy (non-hydrogen) atoms. The van der Waals surface area contributed by atoms with E-state index in [4.69, 9.17) is 9.84 Å². The van der Waals surface area contributed by atoms with Crippen LogP contribution in [-0.4, -0.2) is 45.6 Å². The van der Waals surface area contributed by atoms with Crippen molar-refractivity contribution >= 4 is 11.9 Å². The Kier molecular flexibility index (Phi) is 5.25.